The number of benzene rings is 1. The van der Waals surface area contributed by atoms with E-state index in [1.165, 1.54) is 6.20 Å². The third-order valence-corrected chi connectivity index (χ3v) is 3.17. The zero-order valence-corrected chi connectivity index (χ0v) is 10.1. The minimum atomic E-state index is -1.29. The number of carboxylic acid groups (broad SMARTS) is 1. The van der Waals surface area contributed by atoms with Crippen molar-refractivity contribution in [3.63, 3.8) is 0 Å². The number of aliphatic hydroxyl groups is 1. The first kappa shape index (κ1) is 13.4. The summed E-state index contributed by atoms with van der Waals surface area (Å²) < 4.78 is 26.1. The maximum Gasteiger partial charge on any atom is 0.410 e. The fourth-order valence-corrected chi connectivity index (χ4v) is 2.28. The number of aromatic nitrogens is 1. The van der Waals surface area contributed by atoms with Gasteiger partial charge in [0.15, 0.2) is 5.13 Å². The van der Waals surface area contributed by atoms with Crippen molar-refractivity contribution in [2.75, 3.05) is 5.32 Å². The van der Waals surface area contributed by atoms with Crippen LogP contribution < -0.4 is 5.32 Å². The molecule has 5 nitrogen and oxygen atoms in total. The van der Waals surface area contributed by atoms with Crippen LogP contribution in [-0.2, 0) is 0 Å². The van der Waals surface area contributed by atoms with Crippen LogP contribution >= 0.6 is 11.3 Å². The number of hydrogen-bond donors (Lipinski definition) is 3. The number of hydrogen-bond acceptors (Lipinski definition) is 4. The molecular weight excluding hydrogens is 278 g/mol. The van der Waals surface area contributed by atoms with Crippen LogP contribution in [0.5, 0.6) is 0 Å². The van der Waals surface area contributed by atoms with E-state index in [-0.39, 0.29) is 15.6 Å². The highest BCUT2D eigenvalue weighted by Gasteiger charge is 2.16. The molecule has 0 aliphatic carbocycles. The summed E-state index contributed by atoms with van der Waals surface area (Å²) in [5.41, 5.74) is 0.0306. The minimum absolute atomic E-state index is 0.0306. The van der Waals surface area contributed by atoms with Crippen molar-refractivity contribution in [1.29, 1.82) is 0 Å². The normalized spacial score (nSPS) is 12.2. The first-order valence-electron chi connectivity index (χ1n) is 5.05. The molecule has 0 saturated heterocycles. The van der Waals surface area contributed by atoms with Gasteiger partial charge in [-0.15, -0.1) is 0 Å². The van der Waals surface area contributed by atoms with Gasteiger partial charge in [0.25, 0.3) is 0 Å². The maximum atomic E-state index is 13.0. The monoisotopic (exact) mass is 286 g/mol. The second-order valence-corrected chi connectivity index (χ2v) is 4.67. The fourth-order valence-electron chi connectivity index (χ4n) is 1.46. The van der Waals surface area contributed by atoms with E-state index < -0.39 is 23.8 Å². The van der Waals surface area contributed by atoms with Gasteiger partial charge in [0, 0.05) is 12.3 Å². The molecule has 1 heterocycles. The molecule has 2 rings (SSSR count). The van der Waals surface area contributed by atoms with Gasteiger partial charge in [-0.3, -0.25) is 5.32 Å². The Labute approximate surface area is 110 Å². The number of nitrogens with zero attached hydrogens (tertiary/aromatic N) is 1. The Hall–Kier alpha value is -2.06. The summed E-state index contributed by atoms with van der Waals surface area (Å²) >= 11 is 0.878. The van der Waals surface area contributed by atoms with E-state index in [4.69, 9.17) is 5.11 Å². The van der Waals surface area contributed by atoms with E-state index >= 15 is 0 Å². The van der Waals surface area contributed by atoms with Gasteiger partial charge in [-0.25, -0.2) is 18.6 Å². The molecule has 0 fully saturated rings. The number of anilines is 1. The molecule has 0 aliphatic heterocycles. The average Bonchev–Trinajstić information content (AvgIpc) is 2.74. The van der Waals surface area contributed by atoms with Crippen LogP contribution in [0.4, 0.5) is 18.7 Å². The Morgan fingerprint density at radius 3 is 2.53 bits per heavy atom. The summed E-state index contributed by atoms with van der Waals surface area (Å²) in [5.74, 6) is -1.61. The summed E-state index contributed by atoms with van der Waals surface area (Å²) in [5, 5.41) is 20.5. The van der Waals surface area contributed by atoms with Crippen molar-refractivity contribution in [2.45, 2.75) is 6.10 Å². The standard InChI is InChI=1S/C11H8F2N2O3S/c12-6-1-5(2-7(13)3-6)9(16)8-4-14-10(19-8)15-11(17)18/h1-4,9,16H,(H,14,15)(H,17,18). The van der Waals surface area contributed by atoms with Crippen LogP contribution in [0.1, 0.15) is 16.5 Å². The summed E-state index contributed by atoms with van der Waals surface area (Å²) in [6.45, 7) is 0. The van der Waals surface area contributed by atoms with Crippen LogP contribution in [-0.4, -0.2) is 21.3 Å². The van der Waals surface area contributed by atoms with Gasteiger partial charge in [0.2, 0.25) is 0 Å². The Bertz CT molecular complexity index is 597. The van der Waals surface area contributed by atoms with Crippen molar-refractivity contribution in [3.8, 4) is 0 Å². The van der Waals surface area contributed by atoms with Crippen molar-refractivity contribution in [2.24, 2.45) is 0 Å². The molecule has 3 N–H and O–H groups in total. The fraction of sp³-hybridized carbons (Fsp3) is 0.0909. The van der Waals surface area contributed by atoms with E-state index in [1.807, 2.05) is 5.32 Å². The molecule has 1 aromatic carbocycles. The molecular formula is C11H8F2N2O3S. The molecule has 0 aliphatic rings. The topological polar surface area (TPSA) is 82.5 Å². The zero-order chi connectivity index (χ0) is 14.0. The molecule has 0 bridgehead atoms. The van der Waals surface area contributed by atoms with E-state index in [0.29, 0.717) is 6.07 Å². The SMILES string of the molecule is O=C(O)Nc1ncc(C(O)c2cc(F)cc(F)c2)s1. The van der Waals surface area contributed by atoms with Crippen molar-refractivity contribution >= 4 is 22.6 Å². The second-order valence-electron chi connectivity index (χ2n) is 3.60. The lowest BCUT2D eigenvalue weighted by Gasteiger charge is -2.08. The third-order valence-electron chi connectivity index (χ3n) is 2.21. The Balaban J connectivity index is 2.25. The van der Waals surface area contributed by atoms with Crippen LogP contribution in [0.2, 0.25) is 0 Å². The van der Waals surface area contributed by atoms with Crippen molar-refractivity contribution in [3.05, 3.63) is 46.5 Å². The Morgan fingerprint density at radius 1 is 1.32 bits per heavy atom. The van der Waals surface area contributed by atoms with Crippen molar-refractivity contribution in [1.82, 2.24) is 4.98 Å². The highest BCUT2D eigenvalue weighted by atomic mass is 32.1. The van der Waals surface area contributed by atoms with E-state index in [2.05, 4.69) is 4.98 Å². The number of amides is 1. The first-order chi connectivity index (χ1) is 8.95. The van der Waals surface area contributed by atoms with Gasteiger partial charge in [0.05, 0.1) is 4.88 Å². The lowest BCUT2D eigenvalue weighted by molar-refractivity contribution is 0.209. The van der Waals surface area contributed by atoms with Gasteiger partial charge in [0.1, 0.15) is 17.7 Å². The van der Waals surface area contributed by atoms with Gasteiger partial charge in [-0.1, -0.05) is 11.3 Å². The maximum absolute atomic E-state index is 13.0. The third kappa shape index (κ3) is 3.24. The number of halogens is 2. The lowest BCUT2D eigenvalue weighted by Crippen LogP contribution is -2.06. The molecule has 0 saturated carbocycles. The molecule has 100 valence electrons. The molecule has 1 unspecified atom stereocenters. The van der Waals surface area contributed by atoms with Gasteiger partial charge >= 0.3 is 6.09 Å². The molecule has 1 amide bonds. The number of aliphatic hydroxyl groups excluding tert-OH is 1. The van der Waals surface area contributed by atoms with Crippen LogP contribution in [0.15, 0.2) is 24.4 Å². The summed E-state index contributed by atoms with van der Waals surface area (Å²) in [6, 6.07) is 2.69. The molecule has 8 heteroatoms. The second kappa shape index (κ2) is 5.29. The number of nitrogens with one attached hydrogen (secondary N) is 1. The molecule has 19 heavy (non-hydrogen) atoms. The highest BCUT2D eigenvalue weighted by Crippen LogP contribution is 2.29. The molecule has 0 spiro atoms. The summed E-state index contributed by atoms with van der Waals surface area (Å²) in [4.78, 5) is 14.4. The lowest BCUT2D eigenvalue weighted by atomic mass is 10.1. The predicted octanol–water partition coefficient (Wildman–Crippen LogP) is 2.59. The highest BCUT2D eigenvalue weighted by molar-refractivity contribution is 7.15. The van der Waals surface area contributed by atoms with Crippen LogP contribution in [0, 0.1) is 11.6 Å². The summed E-state index contributed by atoms with van der Waals surface area (Å²) in [7, 11) is 0. The Kier molecular flexibility index (Phi) is 3.72. The molecule has 2 aromatic rings. The van der Waals surface area contributed by atoms with E-state index in [0.717, 1.165) is 23.5 Å². The van der Waals surface area contributed by atoms with Gasteiger partial charge in [-0.2, -0.15) is 0 Å². The quantitative estimate of drug-likeness (QED) is 0.810. The first-order valence-corrected chi connectivity index (χ1v) is 5.87. The molecule has 1 atom stereocenters. The number of thiazole rings is 1. The minimum Gasteiger partial charge on any atom is -0.465 e. The van der Waals surface area contributed by atoms with Gasteiger partial charge < -0.3 is 10.2 Å². The zero-order valence-electron chi connectivity index (χ0n) is 9.30. The molecule has 1 aromatic heterocycles. The van der Waals surface area contributed by atoms with E-state index in [9.17, 15) is 18.7 Å². The number of rotatable bonds is 3. The van der Waals surface area contributed by atoms with Crippen LogP contribution in [0.25, 0.3) is 0 Å². The van der Waals surface area contributed by atoms with E-state index in [1.54, 1.807) is 0 Å². The Morgan fingerprint density at radius 2 is 1.95 bits per heavy atom. The summed E-state index contributed by atoms with van der Waals surface area (Å²) in [6.07, 6.45) is -1.32. The van der Waals surface area contributed by atoms with Crippen LogP contribution in [0.3, 0.4) is 0 Å². The van der Waals surface area contributed by atoms with Gasteiger partial charge in [-0.05, 0) is 17.7 Å². The number of carbonyl (C=O) groups is 1. The smallest absolute Gasteiger partial charge is 0.410 e. The average molecular weight is 286 g/mol. The largest absolute Gasteiger partial charge is 0.465 e. The predicted molar refractivity (Wildman–Crippen MR) is 64.2 cm³/mol. The van der Waals surface area contributed by atoms with Crippen molar-refractivity contribution < 1.29 is 23.8 Å². The molecule has 0 radical (unpaired) electrons.